The number of ketones is 1. The van der Waals surface area contributed by atoms with Crippen molar-refractivity contribution in [1.29, 1.82) is 0 Å². The topological polar surface area (TPSA) is 35.5 Å². The first-order valence-corrected chi connectivity index (χ1v) is 7.63. The van der Waals surface area contributed by atoms with Crippen LogP contribution < -0.4 is 9.47 Å². The van der Waals surface area contributed by atoms with Crippen molar-refractivity contribution in [3.05, 3.63) is 41.5 Å². The second kappa shape index (κ2) is 5.31. The number of carbonyl (C=O) groups is 1. The zero-order valence-electron chi connectivity index (χ0n) is 13.6. The number of ether oxygens (including phenoxy) is 2. The summed E-state index contributed by atoms with van der Waals surface area (Å²) in [4.78, 5) is 12.1. The number of rotatable bonds is 4. The molecule has 4 rings (SSSR count). The molecule has 3 aliphatic carbocycles. The van der Waals surface area contributed by atoms with E-state index in [1.807, 2.05) is 30.4 Å². The van der Waals surface area contributed by atoms with E-state index >= 15 is 0 Å². The lowest BCUT2D eigenvalue weighted by Gasteiger charge is -2.54. The van der Waals surface area contributed by atoms with Crippen LogP contribution >= 0.6 is 0 Å². The smallest absolute Gasteiger partial charge is 0.161 e. The quantitative estimate of drug-likeness (QED) is 0.846. The molecule has 116 valence electrons. The van der Waals surface area contributed by atoms with Gasteiger partial charge in [0.15, 0.2) is 17.3 Å². The van der Waals surface area contributed by atoms with Gasteiger partial charge >= 0.3 is 0 Å². The molecule has 0 aromatic heterocycles. The molecular weight excluding hydrogens is 276 g/mol. The van der Waals surface area contributed by atoms with Crippen LogP contribution in [0.1, 0.15) is 25.8 Å². The Morgan fingerprint density at radius 2 is 1.82 bits per heavy atom. The van der Waals surface area contributed by atoms with Crippen molar-refractivity contribution >= 4 is 11.9 Å². The Balaban J connectivity index is 1.84. The number of carbonyl (C=O) groups excluding carboxylic acids is 1. The first-order chi connectivity index (χ1) is 10.5. The number of hydrogen-bond acceptors (Lipinski definition) is 3. The highest BCUT2D eigenvalue weighted by atomic mass is 16.5. The lowest BCUT2D eigenvalue weighted by atomic mass is 9.48. The Labute approximate surface area is 131 Å². The molecule has 0 N–H and O–H groups in total. The molecule has 3 aliphatic rings. The molecule has 1 aromatic carbocycles. The highest BCUT2D eigenvalue weighted by Gasteiger charge is 2.54. The fourth-order valence-corrected chi connectivity index (χ4v) is 3.65. The third-order valence-corrected chi connectivity index (χ3v) is 5.20. The SMILES string of the molecule is COc1ccc(/C=C/C2=CC(=O)[C@@H]3C[C@H]2C3(C)C)cc1OC. The molecule has 2 atom stereocenters. The van der Waals surface area contributed by atoms with Gasteiger partial charge in [-0.15, -0.1) is 0 Å². The lowest BCUT2D eigenvalue weighted by Crippen LogP contribution is -2.52. The van der Waals surface area contributed by atoms with Gasteiger partial charge in [0.1, 0.15) is 0 Å². The molecular formula is C19H22O3. The molecule has 0 unspecified atom stereocenters. The summed E-state index contributed by atoms with van der Waals surface area (Å²) >= 11 is 0. The second-order valence-electron chi connectivity index (χ2n) is 6.66. The van der Waals surface area contributed by atoms with Gasteiger partial charge in [-0.2, -0.15) is 0 Å². The van der Waals surface area contributed by atoms with E-state index in [2.05, 4.69) is 19.9 Å². The van der Waals surface area contributed by atoms with E-state index in [0.717, 1.165) is 23.3 Å². The Bertz CT molecular complexity index is 667. The summed E-state index contributed by atoms with van der Waals surface area (Å²) in [5.74, 6) is 2.42. The first kappa shape index (κ1) is 14.9. The van der Waals surface area contributed by atoms with Crippen LogP contribution in [0.25, 0.3) is 6.08 Å². The maximum Gasteiger partial charge on any atom is 0.161 e. The van der Waals surface area contributed by atoms with E-state index in [9.17, 15) is 4.79 Å². The number of benzene rings is 1. The molecule has 1 fully saturated rings. The summed E-state index contributed by atoms with van der Waals surface area (Å²) in [6.07, 6.45) is 6.92. The summed E-state index contributed by atoms with van der Waals surface area (Å²) in [5, 5.41) is 0. The molecule has 0 saturated heterocycles. The van der Waals surface area contributed by atoms with Gasteiger partial charge in [-0.05, 0) is 47.1 Å². The Kier molecular flexibility index (Phi) is 3.59. The number of methoxy groups -OCH3 is 2. The van der Waals surface area contributed by atoms with Gasteiger partial charge in [0.05, 0.1) is 14.2 Å². The van der Waals surface area contributed by atoms with Crippen LogP contribution in [-0.4, -0.2) is 20.0 Å². The normalized spacial score (nSPS) is 25.6. The highest BCUT2D eigenvalue weighted by Crippen LogP contribution is 2.58. The van der Waals surface area contributed by atoms with Crippen molar-refractivity contribution in [2.75, 3.05) is 14.2 Å². The number of fused-ring (bicyclic) bond motifs is 1. The van der Waals surface area contributed by atoms with Gasteiger partial charge < -0.3 is 9.47 Å². The van der Waals surface area contributed by atoms with Gasteiger partial charge in [-0.1, -0.05) is 32.1 Å². The minimum atomic E-state index is 0.100. The summed E-state index contributed by atoms with van der Waals surface area (Å²) < 4.78 is 10.6. The molecule has 0 amide bonds. The van der Waals surface area contributed by atoms with Crippen molar-refractivity contribution < 1.29 is 14.3 Å². The van der Waals surface area contributed by atoms with Crippen LogP contribution in [0.15, 0.2) is 35.9 Å². The summed E-state index contributed by atoms with van der Waals surface area (Å²) in [6.45, 7) is 4.39. The minimum absolute atomic E-state index is 0.100. The average molecular weight is 298 g/mol. The van der Waals surface area contributed by atoms with Gasteiger partial charge in [-0.25, -0.2) is 0 Å². The highest BCUT2D eigenvalue weighted by molar-refractivity contribution is 5.96. The summed E-state index contributed by atoms with van der Waals surface area (Å²) in [5.41, 5.74) is 2.28. The van der Waals surface area contributed by atoms with Gasteiger partial charge in [0.2, 0.25) is 0 Å². The lowest BCUT2D eigenvalue weighted by molar-refractivity contribution is -0.133. The molecule has 3 heteroatoms. The van der Waals surface area contributed by atoms with Crippen LogP contribution in [0.4, 0.5) is 0 Å². The van der Waals surface area contributed by atoms with Crippen LogP contribution in [0, 0.1) is 17.3 Å². The van der Waals surface area contributed by atoms with Crippen molar-refractivity contribution in [1.82, 2.24) is 0 Å². The molecule has 0 aliphatic heterocycles. The van der Waals surface area contributed by atoms with Crippen molar-refractivity contribution in [3.8, 4) is 11.5 Å². The van der Waals surface area contributed by atoms with Crippen molar-refractivity contribution in [2.45, 2.75) is 20.3 Å². The van der Waals surface area contributed by atoms with Crippen molar-refractivity contribution in [2.24, 2.45) is 17.3 Å². The number of hydrogen-bond donors (Lipinski definition) is 0. The van der Waals surface area contributed by atoms with Crippen LogP contribution in [0.2, 0.25) is 0 Å². The van der Waals surface area contributed by atoms with E-state index < -0.39 is 0 Å². The van der Waals surface area contributed by atoms with Crippen LogP contribution in [-0.2, 0) is 4.79 Å². The second-order valence-corrected chi connectivity index (χ2v) is 6.66. The van der Waals surface area contributed by atoms with Crippen LogP contribution in [0.5, 0.6) is 11.5 Å². The maximum atomic E-state index is 12.1. The largest absolute Gasteiger partial charge is 0.493 e. The maximum absolute atomic E-state index is 12.1. The predicted octanol–water partition coefficient (Wildman–Crippen LogP) is 3.89. The monoisotopic (exact) mass is 298 g/mol. The Hall–Kier alpha value is -2.03. The van der Waals surface area contributed by atoms with Crippen LogP contribution in [0.3, 0.4) is 0 Å². The molecule has 22 heavy (non-hydrogen) atoms. The number of allylic oxidation sites excluding steroid dienone is 3. The summed E-state index contributed by atoms with van der Waals surface area (Å²) in [7, 11) is 3.26. The van der Waals surface area contributed by atoms with E-state index in [4.69, 9.17) is 9.47 Å². The molecule has 0 spiro atoms. The fraction of sp³-hybridized carbons (Fsp3) is 0.421. The molecule has 1 saturated carbocycles. The summed E-state index contributed by atoms with van der Waals surface area (Å²) in [6, 6.07) is 5.81. The first-order valence-electron chi connectivity index (χ1n) is 7.63. The molecule has 1 aromatic rings. The molecule has 0 radical (unpaired) electrons. The third-order valence-electron chi connectivity index (χ3n) is 5.20. The predicted molar refractivity (Wildman–Crippen MR) is 87.0 cm³/mol. The van der Waals surface area contributed by atoms with Crippen molar-refractivity contribution in [3.63, 3.8) is 0 Å². The van der Waals surface area contributed by atoms with Gasteiger partial charge in [-0.3, -0.25) is 4.79 Å². The molecule has 3 nitrogen and oxygen atoms in total. The molecule has 0 heterocycles. The zero-order chi connectivity index (χ0) is 15.9. The van der Waals surface area contributed by atoms with E-state index in [-0.39, 0.29) is 17.1 Å². The Morgan fingerprint density at radius 1 is 1.09 bits per heavy atom. The zero-order valence-corrected chi connectivity index (χ0v) is 13.6. The fourth-order valence-electron chi connectivity index (χ4n) is 3.65. The van der Waals surface area contributed by atoms with E-state index in [1.165, 1.54) is 0 Å². The molecule has 2 bridgehead atoms. The van der Waals surface area contributed by atoms with Gasteiger partial charge in [0.25, 0.3) is 0 Å². The standard InChI is InChI=1S/C19H22O3/c1-19(2)14-11-15(19)16(20)10-13(14)7-5-12-6-8-17(21-3)18(9-12)22-4/h5-10,14-15H,11H2,1-4H3/b7-5+/t14-,15+/m1/s1. The van der Waals surface area contributed by atoms with Gasteiger partial charge in [0, 0.05) is 5.92 Å². The van der Waals surface area contributed by atoms with E-state index in [0.29, 0.717) is 11.7 Å². The Morgan fingerprint density at radius 3 is 2.41 bits per heavy atom. The third kappa shape index (κ3) is 2.25. The average Bonchev–Trinajstić information content (AvgIpc) is 2.51. The van der Waals surface area contributed by atoms with E-state index in [1.54, 1.807) is 14.2 Å². The minimum Gasteiger partial charge on any atom is -0.493 e.